The highest BCUT2D eigenvalue weighted by Crippen LogP contribution is 2.35. The zero-order chi connectivity index (χ0) is 15.4. The molecule has 1 saturated carbocycles. The maximum atomic E-state index is 10.8. The molecule has 1 unspecified atom stereocenters. The number of ether oxygens (including phenoxy) is 1. The van der Waals surface area contributed by atoms with Crippen LogP contribution in [0.15, 0.2) is 36.5 Å². The predicted octanol–water partition coefficient (Wildman–Crippen LogP) is 3.63. The second-order valence-electron chi connectivity index (χ2n) is 6.09. The van der Waals surface area contributed by atoms with E-state index in [1.54, 1.807) is 7.11 Å². The molecule has 4 nitrogen and oxygen atoms in total. The summed E-state index contributed by atoms with van der Waals surface area (Å²) in [4.78, 5) is 0. The monoisotopic (exact) mass is 300 g/mol. The molecule has 1 heterocycles. The van der Waals surface area contributed by atoms with Gasteiger partial charge >= 0.3 is 0 Å². The highest BCUT2D eigenvalue weighted by atomic mass is 16.5. The van der Waals surface area contributed by atoms with Crippen molar-refractivity contribution in [2.24, 2.45) is 5.92 Å². The number of aliphatic hydroxyl groups is 1. The molecule has 1 atom stereocenters. The van der Waals surface area contributed by atoms with Crippen molar-refractivity contribution in [2.75, 3.05) is 7.11 Å². The lowest BCUT2D eigenvalue weighted by Gasteiger charge is -2.26. The summed E-state index contributed by atoms with van der Waals surface area (Å²) < 4.78 is 7.11. The van der Waals surface area contributed by atoms with Gasteiger partial charge in [0.1, 0.15) is 0 Å². The highest BCUT2D eigenvalue weighted by Gasteiger charge is 2.27. The van der Waals surface area contributed by atoms with Crippen molar-refractivity contribution in [2.45, 2.75) is 44.8 Å². The Hall–Kier alpha value is -1.65. The Labute approximate surface area is 131 Å². The van der Waals surface area contributed by atoms with E-state index in [1.165, 1.54) is 19.3 Å². The summed E-state index contributed by atoms with van der Waals surface area (Å²) in [7, 11) is 1.66. The van der Waals surface area contributed by atoms with Gasteiger partial charge in [-0.3, -0.25) is 0 Å². The SMILES string of the molecule is COCc1nn(-c2ccccc2)cc1C(O)C1CCCCC1. The summed E-state index contributed by atoms with van der Waals surface area (Å²) >= 11 is 0. The molecular weight excluding hydrogens is 276 g/mol. The number of hydrogen-bond acceptors (Lipinski definition) is 3. The molecule has 1 fully saturated rings. The average Bonchev–Trinajstić information content (AvgIpc) is 3.00. The maximum Gasteiger partial charge on any atom is 0.0944 e. The summed E-state index contributed by atoms with van der Waals surface area (Å²) in [5.41, 5.74) is 2.75. The Bertz CT molecular complexity index is 588. The Morgan fingerprint density at radius 1 is 1.23 bits per heavy atom. The van der Waals surface area contributed by atoms with Gasteiger partial charge in [-0.25, -0.2) is 4.68 Å². The van der Waals surface area contributed by atoms with Gasteiger partial charge in [-0.1, -0.05) is 37.5 Å². The highest BCUT2D eigenvalue weighted by molar-refractivity contribution is 5.33. The quantitative estimate of drug-likeness (QED) is 0.917. The van der Waals surface area contributed by atoms with Gasteiger partial charge in [-0.15, -0.1) is 0 Å². The van der Waals surface area contributed by atoms with E-state index in [0.717, 1.165) is 29.8 Å². The number of para-hydroxylation sites is 1. The van der Waals surface area contributed by atoms with Crippen LogP contribution >= 0.6 is 0 Å². The molecule has 0 radical (unpaired) electrons. The van der Waals surface area contributed by atoms with Crippen LogP contribution in [0.25, 0.3) is 5.69 Å². The fourth-order valence-corrected chi connectivity index (χ4v) is 3.34. The van der Waals surface area contributed by atoms with Gasteiger partial charge in [0.15, 0.2) is 0 Å². The molecule has 4 heteroatoms. The number of aromatic nitrogens is 2. The molecule has 3 rings (SSSR count). The van der Waals surface area contributed by atoms with Gasteiger partial charge < -0.3 is 9.84 Å². The van der Waals surface area contributed by atoms with Gasteiger partial charge in [0.05, 0.1) is 24.1 Å². The van der Waals surface area contributed by atoms with Gasteiger partial charge in [0.2, 0.25) is 0 Å². The zero-order valence-corrected chi connectivity index (χ0v) is 13.1. The Balaban J connectivity index is 1.90. The Morgan fingerprint density at radius 3 is 2.64 bits per heavy atom. The topological polar surface area (TPSA) is 47.3 Å². The molecule has 1 aliphatic carbocycles. The maximum absolute atomic E-state index is 10.8. The molecule has 0 spiro atoms. The van der Waals surface area contributed by atoms with E-state index in [4.69, 9.17) is 4.74 Å². The third-order valence-electron chi connectivity index (χ3n) is 4.54. The molecule has 1 aliphatic rings. The van der Waals surface area contributed by atoms with Crippen LogP contribution in [0.2, 0.25) is 0 Å². The molecule has 0 saturated heterocycles. The smallest absolute Gasteiger partial charge is 0.0944 e. The van der Waals surface area contributed by atoms with Crippen molar-refractivity contribution in [3.63, 3.8) is 0 Å². The van der Waals surface area contributed by atoms with E-state index in [0.29, 0.717) is 12.5 Å². The van der Waals surface area contributed by atoms with E-state index >= 15 is 0 Å². The molecule has 1 aromatic carbocycles. The van der Waals surface area contributed by atoms with Crippen molar-refractivity contribution in [3.05, 3.63) is 47.8 Å². The minimum absolute atomic E-state index is 0.345. The normalized spacial score (nSPS) is 17.5. The lowest BCUT2D eigenvalue weighted by molar-refractivity contribution is 0.0815. The number of benzene rings is 1. The first-order valence-corrected chi connectivity index (χ1v) is 8.10. The number of nitrogens with zero attached hydrogens (tertiary/aromatic N) is 2. The standard InChI is InChI=1S/C18H24N2O2/c1-22-13-17-16(18(21)14-8-4-2-5-9-14)12-20(19-17)15-10-6-3-7-11-15/h3,6-7,10-12,14,18,21H,2,4-5,8-9,13H2,1H3. The van der Waals surface area contributed by atoms with Crippen molar-refractivity contribution in [3.8, 4) is 5.69 Å². The molecule has 1 N–H and O–H groups in total. The molecule has 0 bridgehead atoms. The van der Waals surface area contributed by atoms with E-state index in [9.17, 15) is 5.11 Å². The van der Waals surface area contributed by atoms with Crippen LogP contribution < -0.4 is 0 Å². The van der Waals surface area contributed by atoms with Crippen LogP contribution in [-0.4, -0.2) is 22.0 Å². The molecular formula is C18H24N2O2. The van der Waals surface area contributed by atoms with Crippen molar-refractivity contribution in [1.82, 2.24) is 9.78 Å². The number of rotatable bonds is 5. The molecule has 118 valence electrons. The van der Waals surface area contributed by atoms with Crippen molar-refractivity contribution < 1.29 is 9.84 Å². The number of aliphatic hydroxyl groups excluding tert-OH is 1. The molecule has 0 amide bonds. The molecule has 22 heavy (non-hydrogen) atoms. The number of methoxy groups -OCH3 is 1. The third-order valence-corrected chi connectivity index (χ3v) is 4.54. The van der Waals surface area contributed by atoms with Gasteiger partial charge in [-0.2, -0.15) is 5.10 Å². The first kappa shape index (κ1) is 15.3. The predicted molar refractivity (Wildman–Crippen MR) is 85.8 cm³/mol. The van der Waals surface area contributed by atoms with Crippen LogP contribution in [0.1, 0.15) is 49.5 Å². The van der Waals surface area contributed by atoms with Gasteiger partial charge in [0.25, 0.3) is 0 Å². The van der Waals surface area contributed by atoms with Gasteiger partial charge in [-0.05, 0) is 30.9 Å². The summed E-state index contributed by atoms with van der Waals surface area (Å²) in [5, 5.41) is 15.4. The fraction of sp³-hybridized carbons (Fsp3) is 0.500. The lowest BCUT2D eigenvalue weighted by Crippen LogP contribution is -2.16. The van der Waals surface area contributed by atoms with Gasteiger partial charge in [0, 0.05) is 18.9 Å². The van der Waals surface area contributed by atoms with Crippen molar-refractivity contribution in [1.29, 1.82) is 0 Å². The van der Waals surface area contributed by atoms with Crippen LogP contribution in [0.4, 0.5) is 0 Å². The first-order valence-electron chi connectivity index (χ1n) is 8.10. The Morgan fingerprint density at radius 2 is 1.95 bits per heavy atom. The third kappa shape index (κ3) is 3.23. The van der Waals surface area contributed by atoms with Crippen LogP contribution in [0.5, 0.6) is 0 Å². The zero-order valence-electron chi connectivity index (χ0n) is 13.1. The van der Waals surface area contributed by atoms with Crippen molar-refractivity contribution >= 4 is 0 Å². The first-order chi connectivity index (χ1) is 10.8. The fourth-order valence-electron chi connectivity index (χ4n) is 3.34. The minimum atomic E-state index is -0.442. The lowest BCUT2D eigenvalue weighted by atomic mass is 9.83. The van der Waals surface area contributed by atoms with E-state index in [2.05, 4.69) is 5.10 Å². The second-order valence-corrected chi connectivity index (χ2v) is 6.09. The van der Waals surface area contributed by atoms with E-state index in [-0.39, 0.29) is 0 Å². The largest absolute Gasteiger partial charge is 0.388 e. The van der Waals surface area contributed by atoms with Crippen LogP contribution in [-0.2, 0) is 11.3 Å². The molecule has 1 aromatic heterocycles. The van der Waals surface area contributed by atoms with Crippen LogP contribution in [0, 0.1) is 5.92 Å². The summed E-state index contributed by atoms with van der Waals surface area (Å²) in [6, 6.07) is 10.00. The molecule has 0 aliphatic heterocycles. The minimum Gasteiger partial charge on any atom is -0.388 e. The number of hydrogen-bond donors (Lipinski definition) is 1. The molecule has 2 aromatic rings. The van der Waals surface area contributed by atoms with E-state index in [1.807, 2.05) is 41.2 Å². The average molecular weight is 300 g/mol. The second kappa shape index (κ2) is 7.07. The summed E-state index contributed by atoms with van der Waals surface area (Å²) in [6.07, 6.45) is 7.44. The summed E-state index contributed by atoms with van der Waals surface area (Å²) in [5.74, 6) is 0.345. The van der Waals surface area contributed by atoms with Crippen LogP contribution in [0.3, 0.4) is 0 Å². The Kier molecular flexibility index (Phi) is 4.90. The van der Waals surface area contributed by atoms with E-state index < -0.39 is 6.10 Å². The summed E-state index contributed by atoms with van der Waals surface area (Å²) in [6.45, 7) is 0.430.